The zero-order chi connectivity index (χ0) is 15.3. The second-order valence-electron chi connectivity index (χ2n) is 6.31. The molecule has 0 aromatic rings. The zero-order valence-electron chi connectivity index (χ0n) is 13.0. The molecule has 0 saturated carbocycles. The Labute approximate surface area is 126 Å². The van der Waals surface area contributed by atoms with Gasteiger partial charge in [-0.15, -0.1) is 0 Å². The van der Waals surface area contributed by atoms with Crippen LogP contribution in [0.1, 0.15) is 46.0 Å². The van der Waals surface area contributed by atoms with Gasteiger partial charge in [-0.1, -0.05) is 12.2 Å². The number of ether oxygens (including phenoxy) is 3. The molecule has 2 aliphatic rings. The third-order valence-corrected chi connectivity index (χ3v) is 4.10. The third-order valence-electron chi connectivity index (χ3n) is 4.10. The van der Waals surface area contributed by atoms with Gasteiger partial charge in [-0.05, 0) is 46.0 Å². The van der Waals surface area contributed by atoms with Crippen LogP contribution in [0.25, 0.3) is 0 Å². The molecule has 2 heterocycles. The summed E-state index contributed by atoms with van der Waals surface area (Å²) in [7, 11) is 0. The molecule has 0 amide bonds. The van der Waals surface area contributed by atoms with Gasteiger partial charge in [0.15, 0.2) is 5.79 Å². The van der Waals surface area contributed by atoms with E-state index >= 15 is 0 Å². The molecular formula is C16H28O5. The first-order valence-electron chi connectivity index (χ1n) is 7.93. The fourth-order valence-corrected chi connectivity index (χ4v) is 2.98. The predicted octanol–water partition coefficient (Wildman–Crippen LogP) is 1.77. The summed E-state index contributed by atoms with van der Waals surface area (Å²) in [4.78, 5) is 0. The standard InChI is InChI=1S/C16H28O5/c1-16(2)19-11-15(21-16)14-9-6-8-13(20-14)12(18)7-4-3-5-10-17/h3,5,12-15,17-18H,4,6-11H2,1-2H3/b5-3+/t12-,13-,14+,15-/m1/s1. The quantitative estimate of drug-likeness (QED) is 0.732. The van der Waals surface area contributed by atoms with E-state index in [0.29, 0.717) is 13.0 Å². The molecule has 0 bridgehead atoms. The van der Waals surface area contributed by atoms with E-state index < -0.39 is 11.9 Å². The van der Waals surface area contributed by atoms with E-state index in [-0.39, 0.29) is 24.9 Å². The summed E-state index contributed by atoms with van der Waals surface area (Å²) in [6, 6.07) is 0. The van der Waals surface area contributed by atoms with E-state index in [9.17, 15) is 5.11 Å². The second-order valence-corrected chi connectivity index (χ2v) is 6.31. The molecule has 0 unspecified atom stereocenters. The lowest BCUT2D eigenvalue weighted by atomic mass is 9.96. The van der Waals surface area contributed by atoms with Crippen LogP contribution < -0.4 is 0 Å². The van der Waals surface area contributed by atoms with Crippen LogP contribution in [0.2, 0.25) is 0 Å². The van der Waals surface area contributed by atoms with Gasteiger partial charge in [-0.2, -0.15) is 0 Å². The summed E-state index contributed by atoms with van der Waals surface area (Å²) >= 11 is 0. The summed E-state index contributed by atoms with van der Waals surface area (Å²) in [6.45, 7) is 4.43. The number of aliphatic hydroxyl groups excluding tert-OH is 2. The van der Waals surface area contributed by atoms with Gasteiger partial charge < -0.3 is 24.4 Å². The Morgan fingerprint density at radius 2 is 2.05 bits per heavy atom. The zero-order valence-corrected chi connectivity index (χ0v) is 13.0. The number of allylic oxidation sites excluding steroid dienone is 1. The van der Waals surface area contributed by atoms with Crippen molar-refractivity contribution in [1.82, 2.24) is 0 Å². The Bertz CT molecular complexity index is 342. The largest absolute Gasteiger partial charge is 0.392 e. The van der Waals surface area contributed by atoms with Gasteiger partial charge >= 0.3 is 0 Å². The molecule has 0 spiro atoms. The fraction of sp³-hybridized carbons (Fsp3) is 0.875. The summed E-state index contributed by atoms with van der Waals surface area (Å²) in [5, 5.41) is 18.9. The van der Waals surface area contributed by atoms with Crippen molar-refractivity contribution in [3.8, 4) is 0 Å². The van der Waals surface area contributed by atoms with Gasteiger partial charge in [0.05, 0.1) is 31.5 Å². The molecule has 2 N–H and O–H groups in total. The first-order valence-corrected chi connectivity index (χ1v) is 7.93. The van der Waals surface area contributed by atoms with Gasteiger partial charge in [-0.3, -0.25) is 0 Å². The summed E-state index contributed by atoms with van der Waals surface area (Å²) in [6.07, 6.45) is 7.25. The van der Waals surface area contributed by atoms with Crippen LogP contribution in [0.5, 0.6) is 0 Å². The molecule has 0 radical (unpaired) electrons. The van der Waals surface area contributed by atoms with Gasteiger partial charge in [-0.25, -0.2) is 0 Å². The van der Waals surface area contributed by atoms with Crippen LogP contribution >= 0.6 is 0 Å². The molecule has 2 aliphatic heterocycles. The topological polar surface area (TPSA) is 68.2 Å². The maximum Gasteiger partial charge on any atom is 0.163 e. The average Bonchev–Trinajstić information content (AvgIpc) is 2.84. The van der Waals surface area contributed by atoms with Crippen molar-refractivity contribution >= 4 is 0 Å². The first kappa shape index (κ1) is 16.9. The minimum absolute atomic E-state index is 0.00755. The molecule has 21 heavy (non-hydrogen) atoms. The van der Waals surface area contributed by atoms with Crippen molar-refractivity contribution in [2.75, 3.05) is 13.2 Å². The van der Waals surface area contributed by atoms with Crippen molar-refractivity contribution in [3.63, 3.8) is 0 Å². The van der Waals surface area contributed by atoms with Crippen molar-refractivity contribution < 1.29 is 24.4 Å². The fourth-order valence-electron chi connectivity index (χ4n) is 2.98. The smallest absolute Gasteiger partial charge is 0.163 e. The number of hydrogen-bond acceptors (Lipinski definition) is 5. The highest BCUT2D eigenvalue weighted by Gasteiger charge is 2.40. The molecule has 2 saturated heterocycles. The molecule has 0 aromatic heterocycles. The van der Waals surface area contributed by atoms with Crippen LogP contribution in [0.3, 0.4) is 0 Å². The Balaban J connectivity index is 1.79. The minimum atomic E-state index is -0.533. The molecular weight excluding hydrogens is 272 g/mol. The monoisotopic (exact) mass is 300 g/mol. The van der Waals surface area contributed by atoms with Crippen molar-refractivity contribution in [3.05, 3.63) is 12.2 Å². The van der Waals surface area contributed by atoms with Crippen LogP contribution in [0, 0.1) is 0 Å². The van der Waals surface area contributed by atoms with E-state index in [1.807, 2.05) is 19.9 Å². The van der Waals surface area contributed by atoms with Crippen LogP contribution in [-0.4, -0.2) is 53.6 Å². The molecule has 2 rings (SSSR count). The van der Waals surface area contributed by atoms with Gasteiger partial charge in [0.25, 0.3) is 0 Å². The van der Waals surface area contributed by atoms with Crippen molar-refractivity contribution in [2.45, 2.75) is 76.2 Å². The van der Waals surface area contributed by atoms with E-state index in [1.165, 1.54) is 0 Å². The molecule has 2 fully saturated rings. The lowest BCUT2D eigenvalue weighted by Gasteiger charge is -2.35. The normalized spacial score (nSPS) is 34.4. The molecule has 122 valence electrons. The average molecular weight is 300 g/mol. The molecule has 4 atom stereocenters. The lowest BCUT2D eigenvalue weighted by Crippen LogP contribution is -2.43. The lowest BCUT2D eigenvalue weighted by molar-refractivity contribution is -0.181. The summed E-state index contributed by atoms with van der Waals surface area (Å²) in [5.41, 5.74) is 0. The maximum atomic E-state index is 10.2. The SMILES string of the molecule is CC1(C)OC[C@H]([C@@H]2CCC[C@H]([C@H](O)CC/C=C/CO)O2)O1. The van der Waals surface area contributed by atoms with Crippen LogP contribution in [0.15, 0.2) is 12.2 Å². The molecule has 0 aliphatic carbocycles. The van der Waals surface area contributed by atoms with Crippen molar-refractivity contribution in [1.29, 1.82) is 0 Å². The maximum absolute atomic E-state index is 10.2. The number of rotatable bonds is 6. The van der Waals surface area contributed by atoms with E-state index in [1.54, 1.807) is 6.08 Å². The molecule has 5 nitrogen and oxygen atoms in total. The highest BCUT2D eigenvalue weighted by atomic mass is 16.7. The number of aliphatic hydroxyl groups is 2. The molecule has 0 aromatic carbocycles. The Morgan fingerprint density at radius 3 is 2.71 bits per heavy atom. The highest BCUT2D eigenvalue weighted by molar-refractivity contribution is 4.87. The highest BCUT2D eigenvalue weighted by Crippen LogP contribution is 2.32. The van der Waals surface area contributed by atoms with E-state index in [0.717, 1.165) is 25.7 Å². The Hall–Kier alpha value is -0.460. The van der Waals surface area contributed by atoms with Gasteiger partial charge in [0, 0.05) is 0 Å². The van der Waals surface area contributed by atoms with Crippen LogP contribution in [-0.2, 0) is 14.2 Å². The second kappa shape index (κ2) is 7.70. The predicted molar refractivity (Wildman–Crippen MR) is 78.9 cm³/mol. The van der Waals surface area contributed by atoms with Gasteiger partial charge in [0.1, 0.15) is 6.10 Å². The first-order chi connectivity index (χ1) is 10.0. The minimum Gasteiger partial charge on any atom is -0.392 e. The Kier molecular flexibility index (Phi) is 6.20. The van der Waals surface area contributed by atoms with Crippen LogP contribution in [0.4, 0.5) is 0 Å². The Morgan fingerprint density at radius 1 is 1.24 bits per heavy atom. The summed E-state index contributed by atoms with van der Waals surface area (Å²) in [5.74, 6) is -0.533. The van der Waals surface area contributed by atoms with Gasteiger partial charge in [0.2, 0.25) is 0 Å². The number of hydrogen-bond donors (Lipinski definition) is 2. The van der Waals surface area contributed by atoms with Crippen molar-refractivity contribution in [2.24, 2.45) is 0 Å². The van der Waals surface area contributed by atoms with E-state index in [4.69, 9.17) is 19.3 Å². The van der Waals surface area contributed by atoms with E-state index in [2.05, 4.69) is 0 Å². The molecule has 5 heteroatoms. The summed E-state index contributed by atoms with van der Waals surface area (Å²) < 4.78 is 17.5. The third kappa shape index (κ3) is 5.04.